The van der Waals surface area contributed by atoms with Gasteiger partial charge in [-0.3, -0.25) is 4.79 Å². The first-order chi connectivity index (χ1) is 10.2. The molecule has 3 atom stereocenters. The Balaban J connectivity index is 2.39. The highest BCUT2D eigenvalue weighted by molar-refractivity contribution is 5.98. The monoisotopic (exact) mass is 302 g/mol. The molecule has 0 aromatic rings. The van der Waals surface area contributed by atoms with Crippen molar-refractivity contribution in [1.82, 2.24) is 0 Å². The van der Waals surface area contributed by atoms with Gasteiger partial charge in [-0.05, 0) is 57.4 Å². The Kier molecular flexibility index (Phi) is 5.11. The van der Waals surface area contributed by atoms with Gasteiger partial charge in [0.1, 0.15) is 0 Å². The van der Waals surface area contributed by atoms with E-state index in [4.69, 9.17) is 0 Å². The Hall–Kier alpha value is -1.15. The molecule has 0 saturated heterocycles. The molecule has 2 nitrogen and oxygen atoms in total. The van der Waals surface area contributed by atoms with E-state index in [-0.39, 0.29) is 11.2 Å². The van der Waals surface area contributed by atoms with E-state index in [1.165, 1.54) is 16.7 Å². The number of ketones is 1. The smallest absolute Gasteiger partial charge is 0.162 e. The molecule has 2 aliphatic rings. The van der Waals surface area contributed by atoms with Gasteiger partial charge in [0, 0.05) is 5.41 Å². The highest BCUT2D eigenvalue weighted by Gasteiger charge is 2.46. The van der Waals surface area contributed by atoms with E-state index < -0.39 is 6.10 Å². The van der Waals surface area contributed by atoms with Gasteiger partial charge in [0.15, 0.2) is 5.78 Å². The number of carbonyl (C=O) groups is 1. The highest BCUT2D eigenvalue weighted by atomic mass is 16.3. The summed E-state index contributed by atoms with van der Waals surface area (Å²) in [6.07, 6.45) is 9.05. The lowest BCUT2D eigenvalue weighted by Gasteiger charge is -2.33. The Morgan fingerprint density at radius 3 is 2.59 bits per heavy atom. The number of rotatable bonds is 1. The van der Waals surface area contributed by atoms with Crippen molar-refractivity contribution in [2.75, 3.05) is 0 Å². The van der Waals surface area contributed by atoms with Crippen molar-refractivity contribution in [3.63, 3.8) is 0 Å². The van der Waals surface area contributed by atoms with Crippen LogP contribution in [0.3, 0.4) is 0 Å². The van der Waals surface area contributed by atoms with Gasteiger partial charge in [0.05, 0.1) is 6.10 Å². The molecule has 0 bridgehead atoms. The number of hydrogen-bond acceptors (Lipinski definition) is 2. The first-order valence-corrected chi connectivity index (χ1v) is 8.51. The minimum atomic E-state index is -0.405. The SMILES string of the molecule is C/C1=C/[C@@H](O)C/C(C)=C\C[C@]2(C)C(=O)C=C(C(C)C)[C@H]2CC1. The van der Waals surface area contributed by atoms with Crippen LogP contribution in [0.4, 0.5) is 0 Å². The first kappa shape index (κ1) is 17.2. The first-order valence-electron chi connectivity index (χ1n) is 8.51. The fourth-order valence-corrected chi connectivity index (χ4v) is 3.90. The van der Waals surface area contributed by atoms with Crippen molar-refractivity contribution in [3.8, 4) is 0 Å². The van der Waals surface area contributed by atoms with Crippen LogP contribution in [0.25, 0.3) is 0 Å². The van der Waals surface area contributed by atoms with Gasteiger partial charge in [-0.15, -0.1) is 0 Å². The summed E-state index contributed by atoms with van der Waals surface area (Å²) in [7, 11) is 0. The average molecular weight is 302 g/mol. The molecule has 0 aromatic heterocycles. The number of fused-ring (bicyclic) bond motifs is 1. The van der Waals surface area contributed by atoms with Crippen molar-refractivity contribution in [3.05, 3.63) is 34.9 Å². The van der Waals surface area contributed by atoms with Crippen molar-refractivity contribution < 1.29 is 9.90 Å². The standard InChI is InChI=1S/C20H30O2/c1-13(2)17-12-19(22)20(5)9-8-15(4)11-16(21)10-14(3)6-7-18(17)20/h8,10,12-13,16,18,21H,6-7,9,11H2,1-5H3/b14-10-,15-8-/t16-,18-,20+/m1/s1. The van der Waals surface area contributed by atoms with Gasteiger partial charge in [-0.1, -0.05) is 49.6 Å². The van der Waals surface area contributed by atoms with Crippen LogP contribution in [0.15, 0.2) is 34.9 Å². The summed E-state index contributed by atoms with van der Waals surface area (Å²) >= 11 is 0. The highest BCUT2D eigenvalue weighted by Crippen LogP contribution is 2.48. The van der Waals surface area contributed by atoms with E-state index in [1.54, 1.807) is 0 Å². The molecule has 22 heavy (non-hydrogen) atoms. The summed E-state index contributed by atoms with van der Waals surface area (Å²) in [6.45, 7) is 10.6. The largest absolute Gasteiger partial charge is 0.389 e. The van der Waals surface area contributed by atoms with Gasteiger partial charge in [-0.2, -0.15) is 0 Å². The Morgan fingerprint density at radius 1 is 1.27 bits per heavy atom. The summed E-state index contributed by atoms with van der Waals surface area (Å²) in [5.41, 5.74) is 3.40. The number of carbonyl (C=O) groups excluding carboxylic acids is 1. The molecule has 2 aliphatic carbocycles. The van der Waals surface area contributed by atoms with Crippen LogP contribution in [0, 0.1) is 17.3 Å². The summed E-state index contributed by atoms with van der Waals surface area (Å²) in [4.78, 5) is 12.7. The Labute approximate surface area is 135 Å². The molecule has 2 heteroatoms. The van der Waals surface area contributed by atoms with Crippen molar-refractivity contribution in [2.45, 2.75) is 66.4 Å². The number of aliphatic hydroxyl groups is 1. The van der Waals surface area contributed by atoms with Crippen LogP contribution in [0.5, 0.6) is 0 Å². The molecule has 0 aliphatic heterocycles. The molecule has 1 N–H and O–H groups in total. The molecule has 122 valence electrons. The van der Waals surface area contributed by atoms with Crippen molar-refractivity contribution in [2.24, 2.45) is 17.3 Å². The van der Waals surface area contributed by atoms with Crippen LogP contribution in [-0.4, -0.2) is 17.0 Å². The van der Waals surface area contributed by atoms with Crippen LogP contribution in [0.2, 0.25) is 0 Å². The molecule has 0 radical (unpaired) electrons. The summed E-state index contributed by atoms with van der Waals surface area (Å²) in [5, 5.41) is 10.1. The Bertz CT molecular complexity index is 536. The van der Waals surface area contributed by atoms with Crippen LogP contribution in [-0.2, 0) is 4.79 Å². The van der Waals surface area contributed by atoms with Crippen LogP contribution < -0.4 is 0 Å². The molecule has 2 rings (SSSR count). The molecular formula is C20H30O2. The van der Waals surface area contributed by atoms with Crippen molar-refractivity contribution >= 4 is 5.78 Å². The minimum absolute atomic E-state index is 0.284. The lowest BCUT2D eigenvalue weighted by Crippen LogP contribution is -2.31. The zero-order valence-electron chi connectivity index (χ0n) is 14.6. The van der Waals surface area contributed by atoms with Gasteiger partial charge < -0.3 is 5.11 Å². The van der Waals surface area contributed by atoms with Crippen LogP contribution in [0.1, 0.15) is 60.3 Å². The molecular weight excluding hydrogens is 272 g/mol. The second kappa shape index (κ2) is 6.54. The van der Waals surface area contributed by atoms with E-state index in [0.717, 1.165) is 19.3 Å². The van der Waals surface area contributed by atoms with Gasteiger partial charge in [0.2, 0.25) is 0 Å². The molecule has 0 spiro atoms. The maximum Gasteiger partial charge on any atom is 0.162 e. The minimum Gasteiger partial charge on any atom is -0.389 e. The zero-order chi connectivity index (χ0) is 16.5. The van der Waals surface area contributed by atoms with Gasteiger partial charge in [-0.25, -0.2) is 0 Å². The van der Waals surface area contributed by atoms with Crippen molar-refractivity contribution in [1.29, 1.82) is 0 Å². The maximum atomic E-state index is 12.7. The third-order valence-corrected chi connectivity index (χ3v) is 5.41. The predicted octanol–water partition coefficient (Wildman–Crippen LogP) is 4.60. The second-order valence-electron chi connectivity index (χ2n) is 7.71. The molecule has 0 amide bonds. The molecule has 0 saturated carbocycles. The van der Waals surface area contributed by atoms with Crippen LogP contribution >= 0.6 is 0 Å². The molecule has 0 fully saturated rings. The number of allylic oxidation sites excluding steroid dienone is 4. The third kappa shape index (κ3) is 3.43. The lowest BCUT2D eigenvalue weighted by molar-refractivity contribution is -0.123. The normalized spacial score (nSPS) is 38.5. The van der Waals surface area contributed by atoms with Gasteiger partial charge in [0.25, 0.3) is 0 Å². The van der Waals surface area contributed by atoms with E-state index in [1.807, 2.05) is 12.2 Å². The molecule has 0 aromatic carbocycles. The van der Waals surface area contributed by atoms with Gasteiger partial charge >= 0.3 is 0 Å². The zero-order valence-corrected chi connectivity index (χ0v) is 14.6. The number of hydrogen-bond donors (Lipinski definition) is 1. The summed E-state index contributed by atoms with van der Waals surface area (Å²) in [6, 6.07) is 0. The fraction of sp³-hybridized carbons (Fsp3) is 0.650. The summed E-state index contributed by atoms with van der Waals surface area (Å²) in [5.74, 6) is 1.02. The maximum absolute atomic E-state index is 12.7. The number of aliphatic hydroxyl groups excluding tert-OH is 1. The van der Waals surface area contributed by atoms with E-state index in [2.05, 4.69) is 40.7 Å². The predicted molar refractivity (Wildman–Crippen MR) is 91.5 cm³/mol. The third-order valence-electron chi connectivity index (χ3n) is 5.41. The lowest BCUT2D eigenvalue weighted by atomic mass is 9.69. The quantitative estimate of drug-likeness (QED) is 0.719. The molecule has 0 heterocycles. The average Bonchev–Trinajstić information content (AvgIpc) is 2.65. The fourth-order valence-electron chi connectivity index (χ4n) is 3.90. The second-order valence-corrected chi connectivity index (χ2v) is 7.71. The van der Waals surface area contributed by atoms with E-state index in [9.17, 15) is 9.90 Å². The van der Waals surface area contributed by atoms with E-state index in [0.29, 0.717) is 18.3 Å². The molecule has 0 unspecified atom stereocenters. The Morgan fingerprint density at radius 2 is 1.95 bits per heavy atom. The van der Waals surface area contributed by atoms with E-state index >= 15 is 0 Å². The summed E-state index contributed by atoms with van der Waals surface area (Å²) < 4.78 is 0. The topological polar surface area (TPSA) is 37.3 Å².